The normalized spacial score (nSPS) is 10.9. The highest BCUT2D eigenvalue weighted by Gasteiger charge is 2.12. The number of nitrogens with zero attached hydrogens (tertiary/aromatic N) is 3. The summed E-state index contributed by atoms with van der Waals surface area (Å²) in [5.74, 6) is 1.66. The van der Waals surface area contributed by atoms with Crippen molar-refractivity contribution in [3.63, 3.8) is 0 Å². The number of fused-ring (bicyclic) bond motifs is 1. The number of hydrogen-bond donors (Lipinski definition) is 1. The molecule has 0 saturated heterocycles. The van der Waals surface area contributed by atoms with Crippen molar-refractivity contribution in [2.45, 2.75) is 13.5 Å². The molecule has 3 aromatic rings. The Kier molecular flexibility index (Phi) is 3.35. The summed E-state index contributed by atoms with van der Waals surface area (Å²) < 4.78 is 7.37. The van der Waals surface area contributed by atoms with E-state index in [-0.39, 0.29) is 0 Å². The molecule has 5 heteroatoms. The van der Waals surface area contributed by atoms with Crippen molar-refractivity contribution in [3.05, 3.63) is 48.5 Å². The molecule has 3 rings (SSSR count). The highest BCUT2D eigenvalue weighted by Crippen LogP contribution is 2.25. The number of aromatic nitrogens is 3. The average molecular weight is 268 g/mol. The zero-order valence-corrected chi connectivity index (χ0v) is 11.3. The lowest BCUT2D eigenvalue weighted by molar-refractivity contribution is 0.340. The van der Waals surface area contributed by atoms with E-state index in [1.807, 2.05) is 47.9 Å². The lowest BCUT2D eigenvalue weighted by Crippen LogP contribution is -2.02. The van der Waals surface area contributed by atoms with Crippen LogP contribution in [0.25, 0.3) is 16.9 Å². The van der Waals surface area contributed by atoms with Crippen molar-refractivity contribution >= 4 is 5.65 Å². The fourth-order valence-electron chi connectivity index (χ4n) is 2.20. The first-order valence-corrected chi connectivity index (χ1v) is 6.58. The van der Waals surface area contributed by atoms with E-state index >= 15 is 0 Å². The minimum atomic E-state index is 0.379. The molecule has 20 heavy (non-hydrogen) atoms. The Balaban J connectivity index is 2.09. The largest absolute Gasteiger partial charge is 0.494 e. The zero-order chi connectivity index (χ0) is 13.9. The summed E-state index contributed by atoms with van der Waals surface area (Å²) in [6.45, 7) is 3.00. The molecule has 0 spiro atoms. The molecule has 102 valence electrons. The van der Waals surface area contributed by atoms with Crippen LogP contribution in [-0.4, -0.2) is 21.0 Å². The van der Waals surface area contributed by atoms with Gasteiger partial charge in [-0.05, 0) is 37.3 Å². The fourth-order valence-corrected chi connectivity index (χ4v) is 2.20. The first-order chi connectivity index (χ1) is 9.83. The molecule has 0 unspecified atom stereocenters. The molecule has 0 aliphatic rings. The van der Waals surface area contributed by atoms with E-state index in [1.165, 1.54) is 0 Å². The second kappa shape index (κ2) is 5.30. The van der Waals surface area contributed by atoms with Crippen LogP contribution in [0.2, 0.25) is 0 Å². The summed E-state index contributed by atoms with van der Waals surface area (Å²) in [6.07, 6.45) is 3.69. The summed E-state index contributed by atoms with van der Waals surface area (Å²) in [5.41, 5.74) is 8.40. The van der Waals surface area contributed by atoms with Crippen LogP contribution < -0.4 is 10.5 Å². The average Bonchev–Trinajstić information content (AvgIpc) is 2.87. The Bertz CT molecular complexity index is 718. The van der Waals surface area contributed by atoms with E-state index in [0.29, 0.717) is 13.2 Å². The van der Waals surface area contributed by atoms with Crippen molar-refractivity contribution in [3.8, 4) is 17.0 Å². The van der Waals surface area contributed by atoms with E-state index in [9.17, 15) is 0 Å². The zero-order valence-electron chi connectivity index (χ0n) is 11.3. The number of benzene rings is 1. The Labute approximate surface area is 117 Å². The Morgan fingerprint density at radius 2 is 2.05 bits per heavy atom. The second-order valence-electron chi connectivity index (χ2n) is 4.35. The van der Waals surface area contributed by atoms with E-state index < -0.39 is 0 Å². The van der Waals surface area contributed by atoms with Crippen LogP contribution in [0.3, 0.4) is 0 Å². The maximum atomic E-state index is 5.74. The molecule has 0 atom stereocenters. The fraction of sp³-hybridized carbons (Fsp3) is 0.200. The standard InChI is InChI=1S/C15H16N4O/c1-2-20-12-6-4-11(5-7-12)14-15-17-8-3-9-19(15)13(10-16)18-14/h3-9H,2,10,16H2,1H3. The van der Waals surface area contributed by atoms with Crippen LogP contribution >= 0.6 is 0 Å². The molecule has 0 radical (unpaired) electrons. The third kappa shape index (κ3) is 2.12. The van der Waals surface area contributed by atoms with Gasteiger partial charge in [-0.2, -0.15) is 0 Å². The molecule has 0 amide bonds. The van der Waals surface area contributed by atoms with Crippen molar-refractivity contribution in [1.82, 2.24) is 14.4 Å². The minimum absolute atomic E-state index is 0.379. The van der Waals surface area contributed by atoms with E-state index in [2.05, 4.69) is 9.97 Å². The van der Waals surface area contributed by atoms with Gasteiger partial charge in [-0.25, -0.2) is 9.97 Å². The summed E-state index contributed by atoms with van der Waals surface area (Å²) in [4.78, 5) is 8.99. The highest BCUT2D eigenvalue weighted by atomic mass is 16.5. The summed E-state index contributed by atoms with van der Waals surface area (Å²) >= 11 is 0. The molecule has 0 fully saturated rings. The summed E-state index contributed by atoms with van der Waals surface area (Å²) in [7, 11) is 0. The van der Waals surface area contributed by atoms with E-state index in [0.717, 1.165) is 28.5 Å². The lowest BCUT2D eigenvalue weighted by Gasteiger charge is -2.03. The van der Waals surface area contributed by atoms with Crippen LogP contribution in [0.1, 0.15) is 12.7 Å². The third-order valence-corrected chi connectivity index (χ3v) is 3.10. The van der Waals surface area contributed by atoms with E-state index in [4.69, 9.17) is 10.5 Å². The Hall–Kier alpha value is -2.40. The van der Waals surface area contributed by atoms with Gasteiger partial charge in [0.15, 0.2) is 5.65 Å². The molecular formula is C15H16N4O. The minimum Gasteiger partial charge on any atom is -0.494 e. The molecule has 2 heterocycles. The topological polar surface area (TPSA) is 65.4 Å². The van der Waals surface area contributed by atoms with Gasteiger partial charge in [-0.1, -0.05) is 0 Å². The smallest absolute Gasteiger partial charge is 0.164 e. The second-order valence-corrected chi connectivity index (χ2v) is 4.35. The van der Waals surface area contributed by atoms with Gasteiger partial charge in [0, 0.05) is 18.0 Å². The third-order valence-electron chi connectivity index (χ3n) is 3.10. The maximum absolute atomic E-state index is 5.74. The monoisotopic (exact) mass is 268 g/mol. The summed E-state index contributed by atoms with van der Waals surface area (Å²) in [6, 6.07) is 9.73. The number of hydrogen-bond acceptors (Lipinski definition) is 4. The number of imidazole rings is 1. The van der Waals surface area contributed by atoms with Crippen molar-refractivity contribution in [2.24, 2.45) is 5.73 Å². The molecule has 5 nitrogen and oxygen atoms in total. The highest BCUT2D eigenvalue weighted by molar-refractivity contribution is 5.74. The maximum Gasteiger partial charge on any atom is 0.164 e. The van der Waals surface area contributed by atoms with Crippen LogP contribution in [0.15, 0.2) is 42.7 Å². The first kappa shape index (κ1) is 12.6. The van der Waals surface area contributed by atoms with Crippen molar-refractivity contribution < 1.29 is 4.74 Å². The van der Waals surface area contributed by atoms with Crippen molar-refractivity contribution in [1.29, 1.82) is 0 Å². The first-order valence-electron chi connectivity index (χ1n) is 6.58. The predicted octanol–water partition coefficient (Wildman–Crippen LogP) is 2.25. The van der Waals surface area contributed by atoms with Crippen LogP contribution in [-0.2, 0) is 6.54 Å². The number of nitrogens with two attached hydrogens (primary N) is 1. The van der Waals surface area contributed by atoms with Gasteiger partial charge in [-0.3, -0.25) is 4.40 Å². The number of ether oxygens (including phenoxy) is 1. The molecular weight excluding hydrogens is 252 g/mol. The Morgan fingerprint density at radius 1 is 1.25 bits per heavy atom. The van der Waals surface area contributed by atoms with Gasteiger partial charge in [0.1, 0.15) is 17.3 Å². The molecule has 0 bridgehead atoms. The molecule has 0 aliphatic carbocycles. The lowest BCUT2D eigenvalue weighted by atomic mass is 10.1. The van der Waals surface area contributed by atoms with E-state index in [1.54, 1.807) is 6.20 Å². The van der Waals surface area contributed by atoms with Gasteiger partial charge in [-0.15, -0.1) is 0 Å². The van der Waals surface area contributed by atoms with Crippen LogP contribution in [0.5, 0.6) is 5.75 Å². The van der Waals surface area contributed by atoms with Gasteiger partial charge < -0.3 is 10.5 Å². The number of rotatable bonds is 4. The van der Waals surface area contributed by atoms with Gasteiger partial charge >= 0.3 is 0 Å². The molecule has 2 N–H and O–H groups in total. The molecule has 2 aromatic heterocycles. The van der Waals surface area contributed by atoms with Crippen LogP contribution in [0.4, 0.5) is 0 Å². The van der Waals surface area contributed by atoms with Gasteiger partial charge in [0.2, 0.25) is 0 Å². The summed E-state index contributed by atoms with van der Waals surface area (Å²) in [5, 5.41) is 0. The molecule has 0 aliphatic heterocycles. The Morgan fingerprint density at radius 3 is 2.75 bits per heavy atom. The molecule has 1 aromatic carbocycles. The van der Waals surface area contributed by atoms with Gasteiger partial charge in [0.25, 0.3) is 0 Å². The van der Waals surface area contributed by atoms with Crippen LogP contribution in [0, 0.1) is 0 Å². The van der Waals surface area contributed by atoms with Crippen molar-refractivity contribution in [2.75, 3.05) is 6.61 Å². The quantitative estimate of drug-likeness (QED) is 0.788. The van der Waals surface area contributed by atoms with Gasteiger partial charge in [0.05, 0.1) is 13.2 Å². The predicted molar refractivity (Wildman–Crippen MR) is 77.5 cm³/mol. The molecule has 0 saturated carbocycles. The SMILES string of the molecule is CCOc1ccc(-c2nc(CN)n3cccnc23)cc1.